The van der Waals surface area contributed by atoms with Gasteiger partial charge in [0.1, 0.15) is 6.33 Å². The third-order valence-corrected chi connectivity index (χ3v) is 6.58. The molecule has 0 saturated carbocycles. The Kier molecular flexibility index (Phi) is 6.21. The molecule has 2 heterocycles. The molecule has 2 N–H and O–H groups in total. The summed E-state index contributed by atoms with van der Waals surface area (Å²) < 4.78 is 15.6. The number of aryl methyl sites for hydroxylation is 2. The zero-order valence-electron chi connectivity index (χ0n) is 19.0. The topological polar surface area (TPSA) is 72.1 Å². The number of nitrogens with two attached hydrogens (primary N) is 1. The highest BCUT2D eigenvalue weighted by atomic mass is 19.1. The molecule has 1 aliphatic heterocycles. The number of rotatable bonds is 7. The molecule has 5 rings (SSSR count). The maximum Gasteiger partial charge on any atom is 0.221 e. The van der Waals surface area contributed by atoms with Crippen LogP contribution in [0.2, 0.25) is 0 Å². The minimum absolute atomic E-state index is 0.0969. The highest BCUT2D eigenvalue weighted by Gasteiger charge is 2.30. The van der Waals surface area contributed by atoms with Crippen LogP contribution in [-0.4, -0.2) is 22.4 Å². The lowest BCUT2D eigenvalue weighted by atomic mass is 10.00. The van der Waals surface area contributed by atoms with E-state index in [9.17, 15) is 4.79 Å². The number of carbonyl (C=O) groups excluding carboxylic acids is 1. The Morgan fingerprint density at radius 2 is 1.74 bits per heavy atom. The zero-order valence-corrected chi connectivity index (χ0v) is 19.0. The lowest BCUT2D eigenvalue weighted by molar-refractivity contribution is -0.117. The predicted octanol–water partition coefficient (Wildman–Crippen LogP) is 4.92. The summed E-state index contributed by atoms with van der Waals surface area (Å²) in [6.45, 7) is 0.770. The minimum atomic E-state index is -0.354. The Hall–Kier alpha value is -3.80. The summed E-state index contributed by atoms with van der Waals surface area (Å²) >= 11 is 0. The Morgan fingerprint density at radius 1 is 0.971 bits per heavy atom. The van der Waals surface area contributed by atoms with Crippen molar-refractivity contribution in [3.63, 3.8) is 0 Å². The number of halogens is 1. The molecule has 34 heavy (non-hydrogen) atoms. The van der Waals surface area contributed by atoms with Crippen molar-refractivity contribution in [3.05, 3.63) is 101 Å². The summed E-state index contributed by atoms with van der Waals surface area (Å²) in [5.74, 6) is -0.301. The van der Waals surface area contributed by atoms with Crippen molar-refractivity contribution in [2.75, 3.05) is 11.4 Å². The van der Waals surface area contributed by atoms with Gasteiger partial charge in [0.25, 0.3) is 0 Å². The molecule has 6 heteroatoms. The number of amides is 1. The van der Waals surface area contributed by atoms with Crippen molar-refractivity contribution in [3.8, 4) is 0 Å². The highest BCUT2D eigenvalue weighted by molar-refractivity contribution is 5.83. The van der Waals surface area contributed by atoms with E-state index < -0.39 is 0 Å². The molecule has 1 fully saturated rings. The average Bonchev–Trinajstić information content (AvgIpc) is 3.33. The second-order valence-corrected chi connectivity index (χ2v) is 8.88. The summed E-state index contributed by atoms with van der Waals surface area (Å²) in [4.78, 5) is 21.8. The fraction of sp³-hybridized carbons (Fsp3) is 0.250. The van der Waals surface area contributed by atoms with E-state index in [2.05, 4.69) is 45.2 Å². The Labute approximate surface area is 198 Å². The molecule has 0 aliphatic carbocycles. The Bertz CT molecular complexity index is 1320. The van der Waals surface area contributed by atoms with Crippen LogP contribution in [0.15, 0.2) is 73.1 Å². The SMILES string of the molecule is NC(=O)Cc1ccc(CCc2ncnc(N3CCCC3c3ccc4ccccc4c3)c2F)cc1. The highest BCUT2D eigenvalue weighted by Crippen LogP contribution is 2.37. The maximum absolute atomic E-state index is 15.6. The van der Waals surface area contributed by atoms with Crippen LogP contribution in [0.25, 0.3) is 10.8 Å². The standard InChI is InChI=1S/C28H27FN4O/c29-27-24(14-11-19-7-9-20(10-8-19)16-26(30)34)31-18-32-28(27)33-15-3-6-25(33)23-13-12-21-4-1-2-5-22(21)17-23/h1-2,4-5,7-10,12-13,17-18,25H,3,6,11,14-16H2,(H2,30,34). The first kappa shape index (κ1) is 22.0. The Balaban J connectivity index is 1.34. The molecule has 0 radical (unpaired) electrons. The van der Waals surface area contributed by atoms with Crippen LogP contribution in [0.4, 0.5) is 10.2 Å². The number of benzene rings is 3. The van der Waals surface area contributed by atoms with Gasteiger partial charge in [-0.1, -0.05) is 60.7 Å². The van der Waals surface area contributed by atoms with Crippen molar-refractivity contribution in [2.45, 2.75) is 38.1 Å². The van der Waals surface area contributed by atoms with E-state index in [0.29, 0.717) is 24.4 Å². The minimum Gasteiger partial charge on any atom is -0.369 e. The van der Waals surface area contributed by atoms with Crippen LogP contribution in [0.1, 0.15) is 41.3 Å². The summed E-state index contributed by atoms with van der Waals surface area (Å²) in [6, 6.07) is 22.6. The maximum atomic E-state index is 15.6. The second-order valence-electron chi connectivity index (χ2n) is 8.88. The van der Waals surface area contributed by atoms with E-state index in [1.807, 2.05) is 36.4 Å². The smallest absolute Gasteiger partial charge is 0.221 e. The van der Waals surface area contributed by atoms with Gasteiger partial charge in [0.15, 0.2) is 11.6 Å². The number of carbonyl (C=O) groups is 1. The second kappa shape index (κ2) is 9.59. The molecular formula is C28H27FN4O. The van der Waals surface area contributed by atoms with Gasteiger partial charge in [0.2, 0.25) is 5.91 Å². The molecule has 0 bridgehead atoms. The summed E-state index contributed by atoms with van der Waals surface area (Å²) in [6.07, 6.45) is 4.78. The molecule has 1 unspecified atom stereocenters. The fourth-order valence-corrected chi connectivity index (χ4v) is 4.84. The van der Waals surface area contributed by atoms with Gasteiger partial charge in [0, 0.05) is 6.54 Å². The first-order valence-electron chi connectivity index (χ1n) is 11.7. The van der Waals surface area contributed by atoms with Crippen LogP contribution in [0.5, 0.6) is 0 Å². The molecule has 5 nitrogen and oxygen atoms in total. The predicted molar refractivity (Wildman–Crippen MR) is 132 cm³/mol. The van der Waals surface area contributed by atoms with E-state index in [1.54, 1.807) is 0 Å². The van der Waals surface area contributed by atoms with Crippen LogP contribution >= 0.6 is 0 Å². The number of nitrogens with zero attached hydrogens (tertiary/aromatic N) is 3. The third-order valence-electron chi connectivity index (χ3n) is 6.58. The normalized spacial score (nSPS) is 15.7. The fourth-order valence-electron chi connectivity index (χ4n) is 4.84. The first-order valence-corrected chi connectivity index (χ1v) is 11.7. The number of primary amides is 1. The quantitative estimate of drug-likeness (QED) is 0.430. The van der Waals surface area contributed by atoms with Crippen LogP contribution in [-0.2, 0) is 24.1 Å². The molecular weight excluding hydrogens is 427 g/mol. The largest absolute Gasteiger partial charge is 0.369 e. The summed E-state index contributed by atoms with van der Waals surface area (Å²) in [5, 5.41) is 2.39. The summed E-state index contributed by atoms with van der Waals surface area (Å²) in [7, 11) is 0. The van der Waals surface area contributed by atoms with Crippen molar-refractivity contribution < 1.29 is 9.18 Å². The molecule has 4 aromatic rings. The lowest BCUT2D eigenvalue weighted by Crippen LogP contribution is -2.25. The molecule has 1 aliphatic rings. The molecule has 0 spiro atoms. The van der Waals surface area contributed by atoms with Gasteiger partial charge >= 0.3 is 0 Å². The molecule has 1 amide bonds. The zero-order chi connectivity index (χ0) is 23.5. The van der Waals surface area contributed by atoms with Crippen molar-refractivity contribution in [1.29, 1.82) is 0 Å². The van der Waals surface area contributed by atoms with E-state index in [1.165, 1.54) is 22.7 Å². The first-order chi connectivity index (χ1) is 16.6. The molecule has 1 aromatic heterocycles. The van der Waals surface area contributed by atoms with Crippen molar-refractivity contribution in [2.24, 2.45) is 5.73 Å². The van der Waals surface area contributed by atoms with Gasteiger partial charge in [-0.3, -0.25) is 4.79 Å². The van der Waals surface area contributed by atoms with Crippen LogP contribution < -0.4 is 10.6 Å². The Morgan fingerprint density at radius 3 is 2.53 bits per heavy atom. The number of anilines is 1. The third kappa shape index (κ3) is 4.62. The van der Waals surface area contributed by atoms with E-state index in [0.717, 1.165) is 30.5 Å². The molecule has 1 saturated heterocycles. The van der Waals surface area contributed by atoms with Crippen LogP contribution in [0, 0.1) is 5.82 Å². The number of hydrogen-bond acceptors (Lipinski definition) is 4. The van der Waals surface area contributed by atoms with E-state index in [-0.39, 0.29) is 24.2 Å². The molecule has 3 aromatic carbocycles. The molecule has 1 atom stereocenters. The molecule has 172 valence electrons. The van der Waals surface area contributed by atoms with Gasteiger partial charge < -0.3 is 10.6 Å². The number of aromatic nitrogens is 2. The van der Waals surface area contributed by atoms with E-state index in [4.69, 9.17) is 5.73 Å². The van der Waals surface area contributed by atoms with Crippen molar-refractivity contribution >= 4 is 22.5 Å². The number of fused-ring (bicyclic) bond motifs is 1. The number of hydrogen-bond donors (Lipinski definition) is 1. The van der Waals surface area contributed by atoms with Gasteiger partial charge in [-0.05, 0) is 59.2 Å². The van der Waals surface area contributed by atoms with Crippen molar-refractivity contribution in [1.82, 2.24) is 9.97 Å². The lowest BCUT2D eigenvalue weighted by Gasteiger charge is -2.27. The monoisotopic (exact) mass is 454 g/mol. The van der Waals surface area contributed by atoms with Gasteiger partial charge in [-0.15, -0.1) is 0 Å². The van der Waals surface area contributed by atoms with Crippen LogP contribution in [0.3, 0.4) is 0 Å². The summed E-state index contributed by atoms with van der Waals surface area (Å²) in [5.41, 5.74) is 8.80. The van der Waals surface area contributed by atoms with Gasteiger partial charge in [0.05, 0.1) is 18.2 Å². The average molecular weight is 455 g/mol. The van der Waals surface area contributed by atoms with Gasteiger partial charge in [-0.2, -0.15) is 0 Å². The van der Waals surface area contributed by atoms with E-state index >= 15 is 4.39 Å². The van der Waals surface area contributed by atoms with Gasteiger partial charge in [-0.25, -0.2) is 14.4 Å².